The predicted molar refractivity (Wildman–Crippen MR) is 108 cm³/mol. The number of ether oxygens (including phenoxy) is 5. The molecule has 0 atom stereocenters. The van der Waals surface area contributed by atoms with Crippen molar-refractivity contribution in [2.75, 3.05) is 14.2 Å². The molecule has 0 saturated carbocycles. The van der Waals surface area contributed by atoms with Crippen molar-refractivity contribution < 1.29 is 38.1 Å². The summed E-state index contributed by atoms with van der Waals surface area (Å²) in [6.07, 6.45) is 0. The Labute approximate surface area is 172 Å². The average molecular weight is 412 g/mol. The Morgan fingerprint density at radius 1 is 0.667 bits per heavy atom. The fraction of sp³-hybridized carbons (Fsp3) is 0.227. The maximum absolute atomic E-state index is 11.7. The third-order valence-electron chi connectivity index (χ3n) is 4.22. The van der Waals surface area contributed by atoms with Crippen LogP contribution in [0.15, 0.2) is 30.3 Å². The van der Waals surface area contributed by atoms with Crippen molar-refractivity contribution in [1.29, 1.82) is 0 Å². The summed E-state index contributed by atoms with van der Waals surface area (Å²) in [5.41, 5.74) is 0. The van der Waals surface area contributed by atoms with Crippen molar-refractivity contribution in [3.63, 3.8) is 0 Å². The zero-order valence-corrected chi connectivity index (χ0v) is 17.2. The van der Waals surface area contributed by atoms with Gasteiger partial charge in [-0.05, 0) is 23.6 Å². The Morgan fingerprint density at radius 3 is 1.83 bits per heavy atom. The number of fused-ring (bicyclic) bond motifs is 3. The fourth-order valence-electron chi connectivity index (χ4n) is 3.29. The summed E-state index contributed by atoms with van der Waals surface area (Å²) >= 11 is 0. The number of hydrogen-bond acceptors (Lipinski definition) is 8. The number of methoxy groups -OCH3 is 2. The number of hydrogen-bond donors (Lipinski definition) is 0. The average Bonchev–Trinajstić information content (AvgIpc) is 2.64. The highest BCUT2D eigenvalue weighted by molar-refractivity contribution is 6.14. The lowest BCUT2D eigenvalue weighted by Crippen LogP contribution is -2.06. The maximum Gasteiger partial charge on any atom is 0.308 e. The molecule has 0 bridgehead atoms. The van der Waals surface area contributed by atoms with Crippen LogP contribution in [0.2, 0.25) is 0 Å². The zero-order chi connectivity index (χ0) is 22.0. The van der Waals surface area contributed by atoms with Gasteiger partial charge >= 0.3 is 17.9 Å². The van der Waals surface area contributed by atoms with Gasteiger partial charge < -0.3 is 23.7 Å². The number of rotatable bonds is 5. The Kier molecular flexibility index (Phi) is 5.77. The third kappa shape index (κ3) is 3.98. The van der Waals surface area contributed by atoms with Crippen LogP contribution < -0.4 is 23.7 Å². The maximum atomic E-state index is 11.7. The largest absolute Gasteiger partial charge is 0.492 e. The third-order valence-corrected chi connectivity index (χ3v) is 4.22. The molecular weight excluding hydrogens is 392 g/mol. The van der Waals surface area contributed by atoms with Crippen LogP contribution in [0.25, 0.3) is 21.5 Å². The van der Waals surface area contributed by atoms with Gasteiger partial charge in [0.25, 0.3) is 0 Å². The number of carbonyl (C=O) groups is 3. The smallest absolute Gasteiger partial charge is 0.308 e. The van der Waals surface area contributed by atoms with Gasteiger partial charge in [-0.25, -0.2) is 0 Å². The van der Waals surface area contributed by atoms with E-state index in [-0.39, 0.29) is 23.0 Å². The van der Waals surface area contributed by atoms with Crippen LogP contribution in [-0.4, -0.2) is 32.1 Å². The highest BCUT2D eigenvalue weighted by atomic mass is 16.6. The molecule has 3 aromatic carbocycles. The second kappa shape index (κ2) is 8.28. The van der Waals surface area contributed by atoms with E-state index in [1.807, 2.05) is 0 Å². The van der Waals surface area contributed by atoms with E-state index in [0.29, 0.717) is 27.3 Å². The van der Waals surface area contributed by atoms with Crippen molar-refractivity contribution in [3.05, 3.63) is 30.3 Å². The van der Waals surface area contributed by atoms with Gasteiger partial charge in [0, 0.05) is 43.0 Å². The van der Waals surface area contributed by atoms with Crippen molar-refractivity contribution in [2.24, 2.45) is 0 Å². The van der Waals surface area contributed by atoms with Gasteiger partial charge in [-0.15, -0.1) is 0 Å². The SMILES string of the molecule is COc1c(OC(C)=O)cc2c(ccc3cc(OC(C)=O)cc(OC(C)=O)c32)c1OC. The summed E-state index contributed by atoms with van der Waals surface area (Å²) in [5, 5.41) is 2.42. The molecule has 0 aliphatic carbocycles. The number of benzene rings is 3. The summed E-state index contributed by atoms with van der Waals surface area (Å²) in [7, 11) is 2.91. The molecule has 0 radical (unpaired) electrons. The van der Waals surface area contributed by atoms with Gasteiger partial charge in [-0.1, -0.05) is 6.07 Å². The molecule has 30 heavy (non-hydrogen) atoms. The molecule has 3 aromatic rings. The van der Waals surface area contributed by atoms with E-state index in [1.54, 1.807) is 24.3 Å². The second-order valence-corrected chi connectivity index (χ2v) is 6.40. The van der Waals surface area contributed by atoms with E-state index in [4.69, 9.17) is 23.7 Å². The minimum Gasteiger partial charge on any atom is -0.492 e. The standard InChI is InChI=1S/C22H20O8/c1-11(23)28-15-8-14-6-7-16-17(20(14)18(9-15)29-12(2)24)10-19(30-13(3)25)22(27-5)21(16)26-4/h6-10H,1-5H3. The van der Waals surface area contributed by atoms with Gasteiger partial charge in [-0.3, -0.25) is 14.4 Å². The normalized spacial score (nSPS) is 10.6. The molecule has 3 rings (SSSR count). The molecule has 0 aliphatic heterocycles. The minimum atomic E-state index is -0.547. The first-order valence-corrected chi connectivity index (χ1v) is 8.95. The van der Waals surface area contributed by atoms with Gasteiger partial charge in [0.1, 0.15) is 11.5 Å². The van der Waals surface area contributed by atoms with Gasteiger partial charge in [0.2, 0.25) is 5.75 Å². The predicted octanol–water partition coefficient (Wildman–Crippen LogP) is 3.79. The first-order valence-electron chi connectivity index (χ1n) is 8.95. The van der Waals surface area contributed by atoms with Gasteiger partial charge in [0.15, 0.2) is 11.5 Å². The molecule has 0 aliphatic rings. The van der Waals surface area contributed by atoms with Crippen molar-refractivity contribution in [3.8, 4) is 28.7 Å². The Hall–Kier alpha value is -3.81. The molecule has 0 fully saturated rings. The van der Waals surface area contributed by atoms with E-state index < -0.39 is 17.9 Å². The highest BCUT2D eigenvalue weighted by Crippen LogP contribution is 2.47. The molecule has 156 valence electrons. The molecule has 0 unspecified atom stereocenters. The lowest BCUT2D eigenvalue weighted by Gasteiger charge is -2.17. The van der Waals surface area contributed by atoms with Crippen LogP contribution in [0.5, 0.6) is 28.7 Å². The Morgan fingerprint density at radius 2 is 1.27 bits per heavy atom. The zero-order valence-electron chi connectivity index (χ0n) is 17.2. The molecule has 8 nitrogen and oxygen atoms in total. The first-order chi connectivity index (χ1) is 14.2. The Bertz CT molecular complexity index is 1180. The molecule has 0 saturated heterocycles. The topological polar surface area (TPSA) is 97.4 Å². The molecule has 0 heterocycles. The van der Waals surface area contributed by atoms with Crippen LogP contribution in [0.4, 0.5) is 0 Å². The highest BCUT2D eigenvalue weighted by Gasteiger charge is 2.21. The van der Waals surface area contributed by atoms with E-state index in [9.17, 15) is 14.4 Å². The van der Waals surface area contributed by atoms with E-state index >= 15 is 0 Å². The van der Waals surface area contributed by atoms with Crippen molar-refractivity contribution in [2.45, 2.75) is 20.8 Å². The Balaban J connectivity index is 2.45. The molecule has 0 aromatic heterocycles. The quantitative estimate of drug-likeness (QED) is 0.355. The lowest BCUT2D eigenvalue weighted by molar-refractivity contribution is -0.133. The van der Waals surface area contributed by atoms with Gasteiger partial charge in [0.05, 0.1) is 14.2 Å². The monoisotopic (exact) mass is 412 g/mol. The number of esters is 3. The van der Waals surface area contributed by atoms with Gasteiger partial charge in [-0.2, -0.15) is 0 Å². The van der Waals surface area contributed by atoms with Crippen LogP contribution in [0.1, 0.15) is 20.8 Å². The molecule has 8 heteroatoms. The molecular formula is C22H20O8. The second-order valence-electron chi connectivity index (χ2n) is 6.40. The van der Waals surface area contributed by atoms with Crippen LogP contribution in [0.3, 0.4) is 0 Å². The van der Waals surface area contributed by atoms with Crippen molar-refractivity contribution in [1.82, 2.24) is 0 Å². The summed E-state index contributed by atoms with van der Waals surface area (Å²) in [6.45, 7) is 3.82. The lowest BCUT2D eigenvalue weighted by atomic mass is 9.99. The molecule has 0 spiro atoms. The summed E-state index contributed by atoms with van der Waals surface area (Å²) in [4.78, 5) is 34.7. The fourth-order valence-corrected chi connectivity index (χ4v) is 3.29. The first kappa shape index (κ1) is 20.9. The summed E-state index contributed by atoms with van der Waals surface area (Å²) in [6, 6.07) is 8.26. The molecule has 0 N–H and O–H groups in total. The van der Waals surface area contributed by atoms with E-state index in [2.05, 4.69) is 0 Å². The summed E-state index contributed by atoms with van der Waals surface area (Å²) in [5.74, 6) is -0.418. The number of carbonyl (C=O) groups excluding carboxylic acids is 3. The van der Waals surface area contributed by atoms with E-state index in [0.717, 1.165) is 0 Å². The minimum absolute atomic E-state index is 0.152. The van der Waals surface area contributed by atoms with Crippen molar-refractivity contribution >= 4 is 39.5 Å². The molecule has 0 amide bonds. The van der Waals surface area contributed by atoms with Crippen LogP contribution in [0, 0.1) is 0 Å². The van der Waals surface area contributed by atoms with Crippen LogP contribution >= 0.6 is 0 Å². The summed E-state index contributed by atoms with van der Waals surface area (Å²) < 4.78 is 26.8. The van der Waals surface area contributed by atoms with Crippen LogP contribution in [-0.2, 0) is 14.4 Å². The van der Waals surface area contributed by atoms with E-state index in [1.165, 1.54) is 41.1 Å².